The normalized spacial score (nSPS) is 16.7. The first-order valence-corrected chi connectivity index (χ1v) is 8.05. The molecule has 2 heterocycles. The van der Waals surface area contributed by atoms with Crippen molar-refractivity contribution in [3.8, 4) is 0 Å². The van der Waals surface area contributed by atoms with Gasteiger partial charge in [-0.05, 0) is 40.0 Å². The smallest absolute Gasteiger partial charge is 0.410 e. The van der Waals surface area contributed by atoms with Crippen LogP contribution in [-0.4, -0.2) is 45.5 Å². The Morgan fingerprint density at radius 1 is 1.41 bits per heavy atom. The van der Waals surface area contributed by atoms with Crippen molar-refractivity contribution in [2.24, 2.45) is 7.05 Å². The molecule has 0 aliphatic carbocycles. The number of carbonyl (C=O) groups is 1. The first kappa shape index (κ1) is 16.6. The molecule has 1 aromatic heterocycles. The Balaban J connectivity index is 1.86. The van der Waals surface area contributed by atoms with Gasteiger partial charge < -0.3 is 15.0 Å². The summed E-state index contributed by atoms with van der Waals surface area (Å²) in [6, 6.07) is 0.383. The minimum atomic E-state index is -0.433. The van der Waals surface area contributed by atoms with Crippen molar-refractivity contribution in [2.75, 3.05) is 18.4 Å². The Labute approximate surface area is 132 Å². The summed E-state index contributed by atoms with van der Waals surface area (Å²) in [6.45, 7) is 9.26. The van der Waals surface area contributed by atoms with E-state index in [1.54, 1.807) is 4.90 Å². The minimum Gasteiger partial charge on any atom is -0.444 e. The molecule has 22 heavy (non-hydrogen) atoms. The van der Waals surface area contributed by atoms with E-state index < -0.39 is 5.60 Å². The summed E-state index contributed by atoms with van der Waals surface area (Å²) in [5.74, 6) is 0. The van der Waals surface area contributed by atoms with Gasteiger partial charge in [0.25, 0.3) is 0 Å². The lowest BCUT2D eigenvalue weighted by Crippen LogP contribution is -2.44. The van der Waals surface area contributed by atoms with Crippen molar-refractivity contribution in [2.45, 2.75) is 58.6 Å². The highest BCUT2D eigenvalue weighted by Crippen LogP contribution is 2.21. The molecule has 124 valence electrons. The molecule has 1 aliphatic heterocycles. The first-order valence-electron chi connectivity index (χ1n) is 8.05. The van der Waals surface area contributed by atoms with E-state index in [1.807, 2.05) is 38.7 Å². The predicted molar refractivity (Wildman–Crippen MR) is 87.0 cm³/mol. The summed E-state index contributed by atoms with van der Waals surface area (Å²) in [5.41, 5.74) is 1.77. The zero-order valence-corrected chi connectivity index (χ0v) is 14.3. The monoisotopic (exact) mass is 308 g/mol. The predicted octanol–water partition coefficient (Wildman–Crippen LogP) is 2.79. The molecule has 6 heteroatoms. The second kappa shape index (κ2) is 6.58. The number of hydrogen-bond acceptors (Lipinski definition) is 4. The number of anilines is 1. The number of rotatable bonds is 3. The van der Waals surface area contributed by atoms with Crippen LogP contribution in [0.1, 0.15) is 46.2 Å². The maximum absolute atomic E-state index is 12.1. The first-order chi connectivity index (χ1) is 10.3. The number of nitrogens with zero attached hydrogens (tertiary/aromatic N) is 3. The van der Waals surface area contributed by atoms with Gasteiger partial charge in [-0.1, -0.05) is 6.92 Å². The number of hydrogen-bond donors (Lipinski definition) is 1. The maximum atomic E-state index is 12.1. The van der Waals surface area contributed by atoms with Crippen LogP contribution in [-0.2, 0) is 18.2 Å². The lowest BCUT2D eigenvalue weighted by molar-refractivity contribution is 0.0210. The van der Waals surface area contributed by atoms with Crippen LogP contribution in [0.3, 0.4) is 0 Å². The fourth-order valence-electron chi connectivity index (χ4n) is 2.67. The third-order valence-corrected chi connectivity index (χ3v) is 3.75. The summed E-state index contributed by atoms with van der Waals surface area (Å²) < 4.78 is 7.27. The molecule has 1 fully saturated rings. The molecule has 2 rings (SSSR count). The Bertz CT molecular complexity index is 511. The summed E-state index contributed by atoms with van der Waals surface area (Å²) >= 11 is 0. The maximum Gasteiger partial charge on any atom is 0.410 e. The fraction of sp³-hybridized carbons (Fsp3) is 0.750. The van der Waals surface area contributed by atoms with E-state index in [-0.39, 0.29) is 6.09 Å². The molecule has 0 aromatic carbocycles. The van der Waals surface area contributed by atoms with Crippen LogP contribution in [0.15, 0.2) is 6.20 Å². The second-order valence-electron chi connectivity index (χ2n) is 6.90. The van der Waals surface area contributed by atoms with Crippen molar-refractivity contribution >= 4 is 11.8 Å². The molecule has 1 aliphatic rings. The summed E-state index contributed by atoms with van der Waals surface area (Å²) in [6.07, 6.45) is 4.59. The molecule has 1 amide bonds. The Hall–Kier alpha value is -1.72. The van der Waals surface area contributed by atoms with Crippen LogP contribution in [0.5, 0.6) is 0 Å². The number of likely N-dealkylation sites (tertiary alicyclic amines) is 1. The van der Waals surface area contributed by atoms with Crippen molar-refractivity contribution < 1.29 is 9.53 Å². The molecule has 6 nitrogen and oxygen atoms in total. The highest BCUT2D eigenvalue weighted by molar-refractivity contribution is 5.68. The SMILES string of the molecule is CCc1nn(C)cc1NC1CCN(C(=O)OC(C)(C)C)CC1. The lowest BCUT2D eigenvalue weighted by atomic mass is 10.0. The number of aromatic nitrogens is 2. The van der Waals surface area contributed by atoms with Crippen LogP contribution < -0.4 is 5.32 Å². The third kappa shape index (κ3) is 4.39. The van der Waals surface area contributed by atoms with Gasteiger partial charge in [0, 0.05) is 32.4 Å². The highest BCUT2D eigenvalue weighted by atomic mass is 16.6. The average molecular weight is 308 g/mol. The third-order valence-electron chi connectivity index (χ3n) is 3.75. The van der Waals surface area contributed by atoms with Gasteiger partial charge in [0.1, 0.15) is 5.60 Å². The van der Waals surface area contributed by atoms with Crippen molar-refractivity contribution in [1.29, 1.82) is 0 Å². The van der Waals surface area contributed by atoms with E-state index in [0.717, 1.165) is 43.7 Å². The van der Waals surface area contributed by atoms with E-state index >= 15 is 0 Å². The standard InChI is InChI=1S/C16H28N4O2/c1-6-13-14(11-19(5)18-13)17-12-7-9-20(10-8-12)15(21)22-16(2,3)4/h11-12,17H,6-10H2,1-5H3. The van der Waals surface area contributed by atoms with Gasteiger partial charge in [-0.15, -0.1) is 0 Å². The molecule has 0 unspecified atom stereocenters. The molecule has 0 radical (unpaired) electrons. The number of amides is 1. The van der Waals surface area contributed by atoms with Crippen molar-refractivity contribution in [1.82, 2.24) is 14.7 Å². The zero-order chi connectivity index (χ0) is 16.3. The molecule has 1 N–H and O–H groups in total. The van der Waals surface area contributed by atoms with Crippen LogP contribution in [0.25, 0.3) is 0 Å². The lowest BCUT2D eigenvalue weighted by Gasteiger charge is -2.34. The largest absolute Gasteiger partial charge is 0.444 e. The molecule has 1 aromatic rings. The van der Waals surface area contributed by atoms with Gasteiger partial charge in [-0.2, -0.15) is 5.10 Å². The van der Waals surface area contributed by atoms with Crippen LogP contribution >= 0.6 is 0 Å². The van der Waals surface area contributed by atoms with Crippen molar-refractivity contribution in [3.63, 3.8) is 0 Å². The molecule has 0 atom stereocenters. The van der Waals surface area contributed by atoms with E-state index in [1.165, 1.54) is 0 Å². The number of ether oxygens (including phenoxy) is 1. The highest BCUT2D eigenvalue weighted by Gasteiger charge is 2.27. The number of nitrogens with one attached hydrogen (secondary N) is 1. The summed E-state index contributed by atoms with van der Waals surface area (Å²) in [5, 5.41) is 8.01. The van der Waals surface area contributed by atoms with Gasteiger partial charge in [-0.25, -0.2) is 4.79 Å². The molecular formula is C16H28N4O2. The zero-order valence-electron chi connectivity index (χ0n) is 14.3. The molecular weight excluding hydrogens is 280 g/mol. The Morgan fingerprint density at radius 2 is 2.05 bits per heavy atom. The molecule has 1 saturated heterocycles. The Kier molecular flexibility index (Phi) is 4.98. The van der Waals surface area contributed by atoms with Gasteiger partial charge >= 0.3 is 6.09 Å². The van der Waals surface area contributed by atoms with E-state index in [0.29, 0.717) is 6.04 Å². The second-order valence-corrected chi connectivity index (χ2v) is 6.90. The van der Waals surface area contributed by atoms with Gasteiger partial charge in [0.05, 0.1) is 11.4 Å². The van der Waals surface area contributed by atoms with Crippen molar-refractivity contribution in [3.05, 3.63) is 11.9 Å². The van der Waals surface area contributed by atoms with Gasteiger partial charge in [-0.3, -0.25) is 4.68 Å². The van der Waals surface area contributed by atoms with Crippen LogP contribution in [0.4, 0.5) is 10.5 Å². The number of aryl methyl sites for hydroxylation is 2. The van der Waals surface area contributed by atoms with Gasteiger partial charge in [0.2, 0.25) is 0 Å². The molecule has 0 bridgehead atoms. The van der Waals surface area contributed by atoms with E-state index in [2.05, 4.69) is 17.3 Å². The minimum absolute atomic E-state index is 0.207. The van der Waals surface area contributed by atoms with E-state index in [4.69, 9.17) is 4.74 Å². The molecule has 0 spiro atoms. The topological polar surface area (TPSA) is 59.4 Å². The Morgan fingerprint density at radius 3 is 2.59 bits per heavy atom. The summed E-state index contributed by atoms with van der Waals surface area (Å²) in [4.78, 5) is 13.9. The number of carbonyl (C=O) groups excluding carboxylic acids is 1. The van der Waals surface area contributed by atoms with Gasteiger partial charge in [0.15, 0.2) is 0 Å². The van der Waals surface area contributed by atoms with Crippen LogP contribution in [0.2, 0.25) is 0 Å². The van der Waals surface area contributed by atoms with Crippen LogP contribution in [0, 0.1) is 0 Å². The summed E-state index contributed by atoms with van der Waals surface area (Å²) in [7, 11) is 1.94. The van der Waals surface area contributed by atoms with E-state index in [9.17, 15) is 4.79 Å². The quantitative estimate of drug-likeness (QED) is 0.933. The average Bonchev–Trinajstić information content (AvgIpc) is 2.77. The fourth-order valence-corrected chi connectivity index (χ4v) is 2.67. The number of piperidine rings is 1. The molecule has 0 saturated carbocycles.